The SMILES string of the molecule is Cc1cc(C)c(C)c(OCC(=O)Nc2ccccc2C(=O)NC(C)(C)C)c1. The topological polar surface area (TPSA) is 67.4 Å². The van der Waals surface area contributed by atoms with Gasteiger partial charge in [-0.25, -0.2) is 0 Å². The number of rotatable bonds is 5. The van der Waals surface area contributed by atoms with Crippen LogP contribution in [-0.4, -0.2) is 24.0 Å². The Morgan fingerprint density at radius 1 is 1.04 bits per heavy atom. The molecular formula is C22H28N2O3. The first kappa shape index (κ1) is 20.5. The number of anilines is 1. The summed E-state index contributed by atoms with van der Waals surface area (Å²) >= 11 is 0. The lowest BCUT2D eigenvalue weighted by Gasteiger charge is -2.21. The van der Waals surface area contributed by atoms with E-state index in [0.717, 1.165) is 16.7 Å². The molecule has 27 heavy (non-hydrogen) atoms. The van der Waals surface area contributed by atoms with E-state index in [9.17, 15) is 9.59 Å². The zero-order valence-electron chi connectivity index (χ0n) is 16.9. The average Bonchev–Trinajstić information content (AvgIpc) is 2.55. The maximum Gasteiger partial charge on any atom is 0.262 e. The van der Waals surface area contributed by atoms with Crippen molar-refractivity contribution < 1.29 is 14.3 Å². The second kappa shape index (κ2) is 8.25. The van der Waals surface area contributed by atoms with Gasteiger partial charge in [-0.3, -0.25) is 9.59 Å². The summed E-state index contributed by atoms with van der Waals surface area (Å²) in [4.78, 5) is 24.8. The van der Waals surface area contributed by atoms with Gasteiger partial charge in [0, 0.05) is 5.54 Å². The lowest BCUT2D eigenvalue weighted by molar-refractivity contribution is -0.118. The molecule has 5 heteroatoms. The number of carbonyl (C=O) groups is 2. The molecule has 0 radical (unpaired) electrons. The van der Waals surface area contributed by atoms with Gasteiger partial charge in [0.15, 0.2) is 6.61 Å². The normalized spacial score (nSPS) is 11.0. The molecule has 0 atom stereocenters. The van der Waals surface area contributed by atoms with Crippen LogP contribution in [0.2, 0.25) is 0 Å². The Morgan fingerprint density at radius 2 is 1.70 bits per heavy atom. The lowest BCUT2D eigenvalue weighted by atomic mass is 10.1. The second-order valence-corrected chi connectivity index (χ2v) is 7.79. The van der Waals surface area contributed by atoms with Crippen LogP contribution in [0.4, 0.5) is 5.69 Å². The summed E-state index contributed by atoms with van der Waals surface area (Å²) < 4.78 is 5.70. The molecule has 0 saturated heterocycles. The van der Waals surface area contributed by atoms with Crippen LogP contribution in [-0.2, 0) is 4.79 Å². The van der Waals surface area contributed by atoms with Gasteiger partial charge < -0.3 is 15.4 Å². The van der Waals surface area contributed by atoms with E-state index >= 15 is 0 Å². The fourth-order valence-electron chi connectivity index (χ4n) is 2.68. The van der Waals surface area contributed by atoms with Gasteiger partial charge in [-0.05, 0) is 76.4 Å². The van der Waals surface area contributed by atoms with E-state index in [0.29, 0.717) is 17.0 Å². The molecule has 0 heterocycles. The van der Waals surface area contributed by atoms with E-state index in [1.165, 1.54) is 0 Å². The Bertz CT molecular complexity index is 851. The molecule has 2 aromatic carbocycles. The summed E-state index contributed by atoms with van der Waals surface area (Å²) in [6, 6.07) is 10.9. The van der Waals surface area contributed by atoms with Gasteiger partial charge in [-0.1, -0.05) is 18.2 Å². The van der Waals surface area contributed by atoms with E-state index in [1.54, 1.807) is 24.3 Å². The van der Waals surface area contributed by atoms with Crippen molar-refractivity contribution >= 4 is 17.5 Å². The van der Waals surface area contributed by atoms with Gasteiger partial charge in [0.25, 0.3) is 11.8 Å². The van der Waals surface area contributed by atoms with E-state index in [2.05, 4.69) is 16.7 Å². The van der Waals surface area contributed by atoms with Crippen LogP contribution in [0.5, 0.6) is 5.75 Å². The van der Waals surface area contributed by atoms with E-state index < -0.39 is 0 Å². The molecule has 0 unspecified atom stereocenters. The molecule has 144 valence electrons. The summed E-state index contributed by atoms with van der Waals surface area (Å²) in [5.41, 5.74) is 3.73. The van der Waals surface area contributed by atoms with Crippen molar-refractivity contribution in [1.82, 2.24) is 5.32 Å². The number of aryl methyl sites for hydroxylation is 2. The van der Waals surface area contributed by atoms with Crippen LogP contribution in [0.25, 0.3) is 0 Å². The average molecular weight is 368 g/mol. The third-order valence-corrected chi connectivity index (χ3v) is 4.06. The number of amides is 2. The van der Waals surface area contributed by atoms with Crippen LogP contribution in [0, 0.1) is 20.8 Å². The van der Waals surface area contributed by atoms with Crippen molar-refractivity contribution in [3.8, 4) is 5.75 Å². The molecule has 2 amide bonds. The summed E-state index contributed by atoms with van der Waals surface area (Å²) in [7, 11) is 0. The first-order valence-corrected chi connectivity index (χ1v) is 8.99. The molecule has 2 aromatic rings. The molecule has 0 spiro atoms. The standard InChI is InChI=1S/C22H28N2O3/c1-14-11-15(2)16(3)19(12-14)27-13-20(25)23-18-10-8-7-9-17(18)21(26)24-22(4,5)6/h7-12H,13H2,1-6H3,(H,23,25)(H,24,26). The van der Waals surface area contributed by atoms with Crippen LogP contribution < -0.4 is 15.4 Å². The van der Waals surface area contributed by atoms with Crippen molar-refractivity contribution in [3.05, 3.63) is 58.7 Å². The summed E-state index contributed by atoms with van der Waals surface area (Å²) in [5, 5.41) is 5.68. The molecule has 2 N–H and O–H groups in total. The Balaban J connectivity index is 2.08. The zero-order valence-corrected chi connectivity index (χ0v) is 16.9. The van der Waals surface area contributed by atoms with Crippen LogP contribution >= 0.6 is 0 Å². The number of ether oxygens (including phenoxy) is 1. The van der Waals surface area contributed by atoms with Crippen LogP contribution in [0.3, 0.4) is 0 Å². The van der Waals surface area contributed by atoms with E-state index in [4.69, 9.17) is 4.74 Å². The number of hydrogen-bond donors (Lipinski definition) is 2. The number of benzene rings is 2. The highest BCUT2D eigenvalue weighted by molar-refractivity contribution is 6.04. The minimum atomic E-state index is -0.363. The molecule has 0 aromatic heterocycles. The second-order valence-electron chi connectivity index (χ2n) is 7.79. The minimum Gasteiger partial charge on any atom is -0.483 e. The van der Waals surface area contributed by atoms with Crippen LogP contribution in [0.1, 0.15) is 47.8 Å². The maximum atomic E-state index is 12.5. The monoisotopic (exact) mass is 368 g/mol. The number of nitrogens with one attached hydrogen (secondary N) is 2. The highest BCUT2D eigenvalue weighted by atomic mass is 16.5. The van der Waals surface area contributed by atoms with Crippen molar-refractivity contribution in [1.29, 1.82) is 0 Å². The fraction of sp³-hybridized carbons (Fsp3) is 0.364. The van der Waals surface area contributed by atoms with Gasteiger partial charge in [0.05, 0.1) is 11.3 Å². The molecule has 0 aliphatic carbocycles. The Labute approximate surface area is 161 Å². The summed E-state index contributed by atoms with van der Waals surface area (Å²) in [6.45, 7) is 11.6. The largest absolute Gasteiger partial charge is 0.483 e. The van der Waals surface area contributed by atoms with Crippen molar-refractivity contribution in [2.24, 2.45) is 0 Å². The third kappa shape index (κ3) is 5.84. The number of hydrogen-bond acceptors (Lipinski definition) is 3. The Morgan fingerprint density at radius 3 is 2.37 bits per heavy atom. The van der Waals surface area contributed by atoms with Crippen molar-refractivity contribution in [2.75, 3.05) is 11.9 Å². The summed E-state index contributed by atoms with van der Waals surface area (Å²) in [6.07, 6.45) is 0. The molecule has 5 nitrogen and oxygen atoms in total. The smallest absolute Gasteiger partial charge is 0.262 e. The Hall–Kier alpha value is -2.82. The van der Waals surface area contributed by atoms with E-state index in [1.807, 2.05) is 47.6 Å². The zero-order chi connectivity index (χ0) is 20.2. The highest BCUT2D eigenvalue weighted by Gasteiger charge is 2.18. The molecule has 0 aliphatic rings. The quantitative estimate of drug-likeness (QED) is 0.833. The molecule has 0 fully saturated rings. The van der Waals surface area contributed by atoms with Gasteiger partial charge in [-0.15, -0.1) is 0 Å². The van der Waals surface area contributed by atoms with Gasteiger partial charge in [0.1, 0.15) is 5.75 Å². The molecule has 0 bridgehead atoms. The number of para-hydroxylation sites is 1. The van der Waals surface area contributed by atoms with Crippen molar-refractivity contribution in [2.45, 2.75) is 47.1 Å². The number of carbonyl (C=O) groups excluding carboxylic acids is 2. The molecular weight excluding hydrogens is 340 g/mol. The van der Waals surface area contributed by atoms with Gasteiger partial charge in [-0.2, -0.15) is 0 Å². The van der Waals surface area contributed by atoms with Gasteiger partial charge in [0.2, 0.25) is 0 Å². The predicted octanol–water partition coefficient (Wildman–Crippen LogP) is 4.16. The molecule has 0 aliphatic heterocycles. The fourth-order valence-corrected chi connectivity index (χ4v) is 2.68. The predicted molar refractivity (Wildman–Crippen MR) is 108 cm³/mol. The van der Waals surface area contributed by atoms with Crippen molar-refractivity contribution in [3.63, 3.8) is 0 Å². The highest BCUT2D eigenvalue weighted by Crippen LogP contribution is 2.23. The van der Waals surface area contributed by atoms with Gasteiger partial charge >= 0.3 is 0 Å². The third-order valence-electron chi connectivity index (χ3n) is 4.06. The van der Waals surface area contributed by atoms with Crippen LogP contribution in [0.15, 0.2) is 36.4 Å². The molecule has 2 rings (SSSR count). The van der Waals surface area contributed by atoms with E-state index in [-0.39, 0.29) is 24.0 Å². The minimum absolute atomic E-state index is 0.126. The lowest BCUT2D eigenvalue weighted by Crippen LogP contribution is -2.41. The maximum absolute atomic E-state index is 12.5. The summed E-state index contributed by atoms with van der Waals surface area (Å²) in [5.74, 6) is 0.149. The molecule has 0 saturated carbocycles. The first-order chi connectivity index (χ1) is 12.6. The first-order valence-electron chi connectivity index (χ1n) is 8.99. The Kier molecular flexibility index (Phi) is 6.26.